The monoisotopic (exact) mass is 578 g/mol. The second kappa shape index (κ2) is 10.7. The molecule has 1 aliphatic rings. The number of carbonyl (C=O) groups excluding carboxylic acids is 1. The van der Waals surface area contributed by atoms with Crippen molar-refractivity contribution in [3.63, 3.8) is 0 Å². The largest absolute Gasteiger partial charge is 0.310 e. The normalized spacial score (nSPS) is 13.1. The van der Waals surface area contributed by atoms with E-state index in [1.807, 2.05) is 131 Å². The fourth-order valence-corrected chi connectivity index (χ4v) is 7.25. The lowest BCUT2D eigenvalue weighted by Gasteiger charge is -2.28. The number of hydrogen-bond acceptors (Lipinski definition) is 5. The summed E-state index contributed by atoms with van der Waals surface area (Å²) in [5.74, 6) is -0.319. The molecule has 0 radical (unpaired) electrons. The van der Waals surface area contributed by atoms with Crippen molar-refractivity contribution in [1.29, 1.82) is 0 Å². The van der Waals surface area contributed by atoms with E-state index in [0.717, 1.165) is 22.7 Å². The first kappa shape index (κ1) is 26.4. The second-order valence-corrected chi connectivity index (χ2v) is 12.1. The Balaban J connectivity index is 1.35. The van der Waals surface area contributed by atoms with E-state index in [9.17, 15) is 13.2 Å². The number of anilines is 6. The molecular formula is C37H26N2O3S. The van der Waals surface area contributed by atoms with Gasteiger partial charge in [0.2, 0.25) is 9.84 Å². The molecule has 0 amide bonds. The quantitative estimate of drug-likeness (QED) is 0.197. The molecule has 6 aromatic carbocycles. The average Bonchev–Trinajstić information content (AvgIpc) is 3.06. The van der Waals surface area contributed by atoms with Crippen molar-refractivity contribution in [3.05, 3.63) is 169 Å². The zero-order valence-corrected chi connectivity index (χ0v) is 23.9. The van der Waals surface area contributed by atoms with Crippen molar-refractivity contribution >= 4 is 49.7 Å². The standard InChI is InChI=1S/C37H26N2O3S/c40-37-33-23-21-32(39(29-17-9-3-10-18-29)30-19-11-4-12-20-30)26-36(33)43(41,42)35-24-22-31(25-34(35)37)38(27-13-5-1-6-14-27)28-15-7-2-8-16-28/h1-26H. The van der Waals surface area contributed by atoms with Crippen LogP contribution in [0, 0.1) is 0 Å². The molecule has 0 bridgehead atoms. The highest BCUT2D eigenvalue weighted by Crippen LogP contribution is 2.43. The number of carbonyl (C=O) groups is 1. The molecule has 0 saturated heterocycles. The maximum atomic E-state index is 14.1. The summed E-state index contributed by atoms with van der Waals surface area (Å²) in [6.45, 7) is 0. The van der Waals surface area contributed by atoms with Crippen molar-refractivity contribution in [3.8, 4) is 0 Å². The number of rotatable bonds is 6. The van der Waals surface area contributed by atoms with E-state index in [0.29, 0.717) is 11.4 Å². The summed E-state index contributed by atoms with van der Waals surface area (Å²) in [7, 11) is -3.99. The van der Waals surface area contributed by atoms with Crippen molar-refractivity contribution in [2.75, 3.05) is 9.80 Å². The second-order valence-electron chi connectivity index (χ2n) is 10.2. The Morgan fingerprint density at radius 1 is 0.372 bits per heavy atom. The highest BCUT2D eigenvalue weighted by atomic mass is 32.2. The van der Waals surface area contributed by atoms with Gasteiger partial charge in [0.05, 0.1) is 9.79 Å². The van der Waals surface area contributed by atoms with Crippen LogP contribution in [0.1, 0.15) is 15.9 Å². The molecule has 5 nitrogen and oxygen atoms in total. The van der Waals surface area contributed by atoms with Crippen molar-refractivity contribution < 1.29 is 13.2 Å². The first-order valence-electron chi connectivity index (χ1n) is 13.9. The Labute approximate surface area is 250 Å². The van der Waals surface area contributed by atoms with Gasteiger partial charge >= 0.3 is 0 Å². The number of para-hydroxylation sites is 4. The Kier molecular flexibility index (Phi) is 6.61. The maximum Gasteiger partial charge on any atom is 0.208 e. The summed E-state index contributed by atoms with van der Waals surface area (Å²) in [6.07, 6.45) is 0. The molecule has 1 aliphatic heterocycles. The van der Waals surface area contributed by atoms with Gasteiger partial charge in [-0.3, -0.25) is 4.79 Å². The van der Waals surface area contributed by atoms with Gasteiger partial charge in [-0.05, 0) is 84.9 Å². The lowest BCUT2D eigenvalue weighted by molar-refractivity contribution is 0.103. The minimum atomic E-state index is -3.99. The molecule has 0 N–H and O–H groups in total. The predicted molar refractivity (Wildman–Crippen MR) is 171 cm³/mol. The van der Waals surface area contributed by atoms with Gasteiger partial charge in [0.15, 0.2) is 5.78 Å². The molecule has 1 heterocycles. The van der Waals surface area contributed by atoms with Gasteiger partial charge in [-0.1, -0.05) is 72.8 Å². The van der Waals surface area contributed by atoms with Gasteiger partial charge in [-0.2, -0.15) is 0 Å². The summed E-state index contributed by atoms with van der Waals surface area (Å²) in [6, 6.07) is 49.1. The number of sulfone groups is 1. The zero-order chi connectivity index (χ0) is 29.4. The number of ketones is 1. The third-order valence-electron chi connectivity index (χ3n) is 7.57. The van der Waals surface area contributed by atoms with Crippen LogP contribution in [-0.4, -0.2) is 14.2 Å². The van der Waals surface area contributed by atoms with Crippen molar-refractivity contribution in [2.24, 2.45) is 0 Å². The summed E-state index contributed by atoms with van der Waals surface area (Å²) in [5.41, 5.74) is 5.21. The molecule has 6 heteroatoms. The number of nitrogens with zero attached hydrogens (tertiary/aromatic N) is 2. The molecule has 0 aromatic heterocycles. The first-order chi connectivity index (χ1) is 21.0. The highest BCUT2D eigenvalue weighted by Gasteiger charge is 2.36. The minimum absolute atomic E-state index is 0.00934. The van der Waals surface area contributed by atoms with Crippen LogP contribution in [0.4, 0.5) is 34.1 Å². The van der Waals surface area contributed by atoms with E-state index in [4.69, 9.17) is 0 Å². The van der Waals surface area contributed by atoms with Gasteiger partial charge in [-0.25, -0.2) is 8.42 Å². The molecule has 0 unspecified atom stereocenters. The molecule has 208 valence electrons. The fraction of sp³-hybridized carbons (Fsp3) is 0. The Morgan fingerprint density at radius 3 is 1.21 bits per heavy atom. The van der Waals surface area contributed by atoms with Gasteiger partial charge in [-0.15, -0.1) is 0 Å². The molecule has 0 fully saturated rings. The van der Waals surface area contributed by atoms with Gasteiger partial charge in [0.25, 0.3) is 0 Å². The van der Waals surface area contributed by atoms with Crippen LogP contribution >= 0.6 is 0 Å². The van der Waals surface area contributed by atoms with E-state index in [2.05, 4.69) is 0 Å². The van der Waals surface area contributed by atoms with E-state index >= 15 is 0 Å². The Hall–Kier alpha value is -5.46. The maximum absolute atomic E-state index is 14.1. The topological polar surface area (TPSA) is 57.7 Å². The van der Waals surface area contributed by atoms with Crippen LogP contribution in [0.3, 0.4) is 0 Å². The smallest absolute Gasteiger partial charge is 0.208 e. The summed E-state index contributed by atoms with van der Waals surface area (Å²) >= 11 is 0. The Morgan fingerprint density at radius 2 is 0.767 bits per heavy atom. The summed E-state index contributed by atoms with van der Waals surface area (Å²) in [5, 5.41) is 0. The number of hydrogen-bond donors (Lipinski definition) is 0. The molecule has 0 atom stereocenters. The Bertz CT molecular complexity index is 1970. The van der Waals surface area contributed by atoms with Crippen LogP contribution in [0.2, 0.25) is 0 Å². The zero-order valence-electron chi connectivity index (χ0n) is 23.0. The van der Waals surface area contributed by atoms with Crippen LogP contribution in [0.5, 0.6) is 0 Å². The van der Waals surface area contributed by atoms with Crippen molar-refractivity contribution in [2.45, 2.75) is 9.79 Å². The number of fused-ring (bicyclic) bond motifs is 2. The first-order valence-corrected chi connectivity index (χ1v) is 15.4. The average molecular weight is 579 g/mol. The van der Waals surface area contributed by atoms with Crippen molar-refractivity contribution in [1.82, 2.24) is 0 Å². The molecular weight excluding hydrogens is 552 g/mol. The highest BCUT2D eigenvalue weighted by molar-refractivity contribution is 7.91. The van der Waals surface area contributed by atoms with Gasteiger partial charge < -0.3 is 9.80 Å². The van der Waals surface area contributed by atoms with E-state index < -0.39 is 9.84 Å². The molecule has 43 heavy (non-hydrogen) atoms. The molecule has 0 saturated carbocycles. The molecule has 0 spiro atoms. The lowest BCUT2D eigenvalue weighted by atomic mass is 10.0. The van der Waals surface area contributed by atoms with Crippen LogP contribution in [0.15, 0.2) is 168 Å². The van der Waals surface area contributed by atoms with Crippen LogP contribution in [-0.2, 0) is 9.84 Å². The lowest BCUT2D eigenvalue weighted by Crippen LogP contribution is -2.22. The predicted octanol–water partition coefficient (Wildman–Crippen LogP) is 9.00. The molecule has 7 rings (SSSR count). The molecule has 0 aliphatic carbocycles. The minimum Gasteiger partial charge on any atom is -0.310 e. The van der Waals surface area contributed by atoms with E-state index in [1.54, 1.807) is 36.4 Å². The third kappa shape index (κ3) is 4.68. The fourth-order valence-electron chi connectivity index (χ4n) is 5.60. The van der Waals surface area contributed by atoms with Gasteiger partial charge in [0, 0.05) is 45.3 Å². The van der Waals surface area contributed by atoms with Gasteiger partial charge in [0.1, 0.15) is 0 Å². The van der Waals surface area contributed by atoms with Crippen LogP contribution < -0.4 is 9.80 Å². The summed E-state index contributed by atoms with van der Waals surface area (Å²) < 4.78 is 28.3. The van der Waals surface area contributed by atoms with E-state index in [1.165, 1.54) is 0 Å². The number of benzene rings is 6. The summed E-state index contributed by atoms with van der Waals surface area (Å²) in [4.78, 5) is 18.0. The molecule has 6 aromatic rings. The van der Waals surface area contributed by atoms with E-state index in [-0.39, 0.29) is 26.7 Å². The third-order valence-corrected chi connectivity index (χ3v) is 9.42. The SMILES string of the molecule is O=C1c2cc(N(c3ccccc3)c3ccccc3)ccc2S(=O)(=O)c2cc(N(c3ccccc3)c3ccccc3)ccc21. The van der Waals surface area contributed by atoms with Crippen LogP contribution in [0.25, 0.3) is 0 Å².